The molecular weight excluding hydrogens is 379 g/mol. The van der Waals surface area contributed by atoms with Crippen molar-refractivity contribution in [2.24, 2.45) is 5.92 Å². The van der Waals surface area contributed by atoms with Gasteiger partial charge in [0.2, 0.25) is 11.8 Å². The van der Waals surface area contributed by atoms with Crippen LogP contribution in [0.3, 0.4) is 0 Å². The van der Waals surface area contributed by atoms with Gasteiger partial charge >= 0.3 is 6.18 Å². The van der Waals surface area contributed by atoms with Gasteiger partial charge in [0.1, 0.15) is 0 Å². The van der Waals surface area contributed by atoms with Gasteiger partial charge < -0.3 is 10.2 Å². The number of anilines is 2. The summed E-state index contributed by atoms with van der Waals surface area (Å²) in [6.45, 7) is -0.0566. The summed E-state index contributed by atoms with van der Waals surface area (Å²) in [5.41, 5.74) is -0.618. The fourth-order valence-electron chi connectivity index (χ4n) is 2.89. The van der Waals surface area contributed by atoms with Crippen molar-refractivity contribution in [1.29, 1.82) is 0 Å². The zero-order chi connectivity index (χ0) is 20.5. The molecule has 1 N–H and O–H groups in total. The van der Waals surface area contributed by atoms with E-state index >= 15 is 0 Å². The van der Waals surface area contributed by atoms with Gasteiger partial charge in [0.25, 0.3) is 5.69 Å². The maximum atomic E-state index is 12.9. The monoisotopic (exact) mass is 393 g/mol. The number of rotatable bonds is 4. The Bertz CT molecular complexity index is 928. The number of nitrogens with zero attached hydrogens (tertiary/aromatic N) is 2. The molecule has 1 aliphatic heterocycles. The first kappa shape index (κ1) is 19.3. The quantitative estimate of drug-likeness (QED) is 0.635. The second kappa shape index (κ2) is 7.29. The van der Waals surface area contributed by atoms with Crippen molar-refractivity contribution in [3.8, 4) is 0 Å². The molecule has 1 heterocycles. The number of carbonyl (C=O) groups excluding carboxylic acids is 2. The van der Waals surface area contributed by atoms with E-state index in [0.717, 1.165) is 17.0 Å². The first-order valence-corrected chi connectivity index (χ1v) is 8.18. The number of nitro groups is 1. The van der Waals surface area contributed by atoms with Crippen LogP contribution in [0.25, 0.3) is 0 Å². The summed E-state index contributed by atoms with van der Waals surface area (Å²) in [6, 6.07) is 9.53. The lowest BCUT2D eigenvalue weighted by molar-refractivity contribution is -0.384. The molecule has 28 heavy (non-hydrogen) atoms. The third-order valence-corrected chi connectivity index (χ3v) is 4.33. The number of halogens is 3. The highest BCUT2D eigenvalue weighted by molar-refractivity contribution is 6.03. The third-order valence-electron chi connectivity index (χ3n) is 4.33. The van der Waals surface area contributed by atoms with Crippen molar-refractivity contribution in [1.82, 2.24) is 0 Å². The fourth-order valence-corrected chi connectivity index (χ4v) is 2.89. The van der Waals surface area contributed by atoms with Gasteiger partial charge in [-0.15, -0.1) is 0 Å². The minimum Gasteiger partial charge on any atom is -0.326 e. The summed E-state index contributed by atoms with van der Waals surface area (Å²) >= 11 is 0. The molecule has 3 rings (SSSR count). The Kier molecular flexibility index (Phi) is 5.04. The lowest BCUT2D eigenvalue weighted by Gasteiger charge is -2.18. The van der Waals surface area contributed by atoms with Crippen molar-refractivity contribution in [2.45, 2.75) is 12.6 Å². The van der Waals surface area contributed by atoms with E-state index in [2.05, 4.69) is 5.32 Å². The highest BCUT2D eigenvalue weighted by Crippen LogP contribution is 2.33. The molecule has 0 bridgehead atoms. The van der Waals surface area contributed by atoms with E-state index in [4.69, 9.17) is 0 Å². The number of hydrogen-bond donors (Lipinski definition) is 1. The minimum absolute atomic E-state index is 0.0566. The Morgan fingerprint density at radius 2 is 1.86 bits per heavy atom. The maximum absolute atomic E-state index is 12.9. The Balaban J connectivity index is 1.70. The second-order valence-corrected chi connectivity index (χ2v) is 6.25. The van der Waals surface area contributed by atoms with Crippen LogP contribution >= 0.6 is 0 Å². The van der Waals surface area contributed by atoms with Gasteiger partial charge in [-0.25, -0.2) is 0 Å². The Hall–Kier alpha value is -3.43. The average molecular weight is 393 g/mol. The first-order chi connectivity index (χ1) is 13.1. The molecule has 1 fully saturated rings. The number of nitrogens with one attached hydrogen (secondary N) is 1. The van der Waals surface area contributed by atoms with Crippen molar-refractivity contribution in [2.75, 3.05) is 16.8 Å². The summed E-state index contributed by atoms with van der Waals surface area (Å²) in [5.74, 6) is -1.70. The van der Waals surface area contributed by atoms with Crippen molar-refractivity contribution in [3.05, 3.63) is 64.2 Å². The topological polar surface area (TPSA) is 92.5 Å². The number of nitro benzene ring substituents is 1. The molecule has 7 nitrogen and oxygen atoms in total. The number of hydrogen-bond acceptors (Lipinski definition) is 4. The molecule has 1 unspecified atom stereocenters. The molecule has 2 aromatic carbocycles. The molecule has 2 amide bonds. The van der Waals surface area contributed by atoms with Crippen LogP contribution in [-0.2, 0) is 15.8 Å². The highest BCUT2D eigenvalue weighted by Gasteiger charge is 2.37. The van der Waals surface area contributed by atoms with Crippen molar-refractivity contribution in [3.63, 3.8) is 0 Å². The molecule has 0 aliphatic carbocycles. The first-order valence-electron chi connectivity index (χ1n) is 8.18. The SMILES string of the molecule is O=C(Nc1ccc([N+](=O)[O-])cc1)C1CC(=O)N(c2cccc(C(F)(F)F)c2)C1. The van der Waals surface area contributed by atoms with Gasteiger partial charge in [0, 0.05) is 36.5 Å². The number of alkyl halides is 3. The molecule has 10 heteroatoms. The van der Waals surface area contributed by atoms with Gasteiger partial charge in [0.05, 0.1) is 16.4 Å². The molecule has 1 aliphatic rings. The zero-order valence-corrected chi connectivity index (χ0v) is 14.3. The molecule has 2 aromatic rings. The van der Waals surface area contributed by atoms with Crippen LogP contribution in [0, 0.1) is 16.0 Å². The summed E-state index contributed by atoms with van der Waals surface area (Å²) in [6.07, 6.45) is -4.68. The van der Waals surface area contributed by atoms with E-state index in [-0.39, 0.29) is 24.3 Å². The van der Waals surface area contributed by atoms with Crippen LogP contribution in [0.15, 0.2) is 48.5 Å². The zero-order valence-electron chi connectivity index (χ0n) is 14.3. The smallest absolute Gasteiger partial charge is 0.326 e. The van der Waals surface area contributed by atoms with E-state index in [0.29, 0.717) is 5.69 Å². The van der Waals surface area contributed by atoms with Crippen LogP contribution in [0.2, 0.25) is 0 Å². The molecule has 1 atom stereocenters. The summed E-state index contributed by atoms with van der Waals surface area (Å²) in [7, 11) is 0. The summed E-state index contributed by atoms with van der Waals surface area (Å²) < 4.78 is 38.6. The van der Waals surface area contributed by atoms with Crippen molar-refractivity contribution >= 4 is 28.9 Å². The van der Waals surface area contributed by atoms with E-state index < -0.39 is 34.4 Å². The minimum atomic E-state index is -4.54. The molecule has 0 saturated carbocycles. The predicted octanol–water partition coefficient (Wildman–Crippen LogP) is 3.61. The van der Waals surface area contributed by atoms with E-state index in [1.54, 1.807) is 0 Å². The van der Waals surface area contributed by atoms with Crippen LogP contribution < -0.4 is 10.2 Å². The van der Waals surface area contributed by atoms with Gasteiger partial charge in [-0.2, -0.15) is 13.2 Å². The van der Waals surface area contributed by atoms with Crippen LogP contribution in [0.1, 0.15) is 12.0 Å². The van der Waals surface area contributed by atoms with E-state index in [1.165, 1.54) is 36.4 Å². The summed E-state index contributed by atoms with van der Waals surface area (Å²) in [5, 5.41) is 13.2. The Morgan fingerprint density at radius 3 is 2.46 bits per heavy atom. The number of carbonyl (C=O) groups is 2. The Morgan fingerprint density at radius 1 is 1.18 bits per heavy atom. The maximum Gasteiger partial charge on any atom is 0.416 e. The summed E-state index contributed by atoms with van der Waals surface area (Å²) in [4.78, 5) is 35.8. The van der Waals surface area contributed by atoms with Gasteiger partial charge in [-0.1, -0.05) is 6.07 Å². The lowest BCUT2D eigenvalue weighted by atomic mass is 10.1. The predicted molar refractivity (Wildman–Crippen MR) is 93.6 cm³/mol. The van der Waals surface area contributed by atoms with Crippen LogP contribution in [0.4, 0.5) is 30.2 Å². The molecule has 1 saturated heterocycles. The van der Waals surface area contributed by atoms with Gasteiger partial charge in [0.15, 0.2) is 0 Å². The normalized spacial score (nSPS) is 16.9. The number of amides is 2. The molecule has 0 aromatic heterocycles. The van der Waals surface area contributed by atoms with E-state index in [1.807, 2.05) is 0 Å². The second-order valence-electron chi connectivity index (χ2n) is 6.25. The molecule has 0 spiro atoms. The standard InChI is InChI=1S/C18H14F3N3O4/c19-18(20,21)12-2-1-3-15(9-12)23-10-11(8-16(23)25)17(26)22-13-4-6-14(7-5-13)24(27)28/h1-7,9,11H,8,10H2,(H,22,26). The molecule has 146 valence electrons. The number of benzene rings is 2. The third kappa shape index (κ3) is 4.11. The molecular formula is C18H14F3N3O4. The fraction of sp³-hybridized carbons (Fsp3) is 0.222. The number of non-ortho nitro benzene ring substituents is 1. The van der Waals surface area contributed by atoms with Gasteiger partial charge in [-0.05, 0) is 30.3 Å². The largest absolute Gasteiger partial charge is 0.416 e. The lowest BCUT2D eigenvalue weighted by Crippen LogP contribution is -2.28. The van der Waals surface area contributed by atoms with Crippen LogP contribution in [-0.4, -0.2) is 23.3 Å². The Labute approximate surface area is 156 Å². The van der Waals surface area contributed by atoms with Crippen molar-refractivity contribution < 1.29 is 27.7 Å². The van der Waals surface area contributed by atoms with E-state index in [9.17, 15) is 32.9 Å². The molecule has 0 radical (unpaired) electrons. The van der Waals surface area contributed by atoms with Gasteiger partial charge in [-0.3, -0.25) is 19.7 Å². The average Bonchev–Trinajstić information content (AvgIpc) is 3.03. The van der Waals surface area contributed by atoms with Crippen LogP contribution in [0.5, 0.6) is 0 Å². The highest BCUT2D eigenvalue weighted by atomic mass is 19.4.